The maximum atomic E-state index is 12.4. The van der Waals surface area contributed by atoms with Gasteiger partial charge in [0.05, 0.1) is 18.4 Å². The second-order valence-electron chi connectivity index (χ2n) is 7.05. The van der Waals surface area contributed by atoms with Gasteiger partial charge in [-0.3, -0.25) is 4.79 Å². The molecule has 3 N–H and O–H groups in total. The van der Waals surface area contributed by atoms with Crippen LogP contribution in [0, 0.1) is 22.7 Å². The number of nitrogens with one attached hydrogen (secondary N) is 1. The number of carbonyl (C=O) groups is 1. The van der Waals surface area contributed by atoms with Crippen LogP contribution in [0.1, 0.15) is 30.0 Å². The third-order valence-corrected chi connectivity index (χ3v) is 5.99. The molecule has 0 saturated heterocycles. The molecule has 1 amide bonds. The van der Waals surface area contributed by atoms with E-state index < -0.39 is 0 Å². The lowest BCUT2D eigenvalue weighted by Crippen LogP contribution is -2.13. The van der Waals surface area contributed by atoms with E-state index >= 15 is 0 Å². The third-order valence-electron chi connectivity index (χ3n) is 5.02. The highest BCUT2D eigenvalue weighted by Crippen LogP contribution is 2.36. The van der Waals surface area contributed by atoms with Crippen LogP contribution in [0.25, 0.3) is 11.1 Å². The lowest BCUT2D eigenvalue weighted by Gasteiger charge is -2.13. The van der Waals surface area contributed by atoms with E-state index in [0.29, 0.717) is 27.8 Å². The summed E-state index contributed by atoms with van der Waals surface area (Å²) in [5.41, 5.74) is 9.45. The van der Waals surface area contributed by atoms with E-state index in [1.807, 2.05) is 36.4 Å². The number of hydrogen-bond acceptors (Lipinski definition) is 7. The van der Waals surface area contributed by atoms with E-state index in [4.69, 9.17) is 10.5 Å². The minimum absolute atomic E-state index is 0.0621. The summed E-state index contributed by atoms with van der Waals surface area (Å²) in [5, 5.41) is 22.8. The molecule has 0 bridgehead atoms. The van der Waals surface area contributed by atoms with Crippen molar-refractivity contribution >= 4 is 29.2 Å². The van der Waals surface area contributed by atoms with Gasteiger partial charge in [-0.15, -0.1) is 11.8 Å². The number of rotatable bonds is 8. The zero-order valence-electron chi connectivity index (χ0n) is 18.4. The molecule has 0 fully saturated rings. The number of methoxy groups -OCH3 is 1. The second kappa shape index (κ2) is 11.0. The van der Waals surface area contributed by atoms with Gasteiger partial charge in [-0.05, 0) is 29.7 Å². The molecule has 0 radical (unpaired) electrons. The molecule has 0 aliphatic heterocycles. The van der Waals surface area contributed by atoms with Gasteiger partial charge in [0.15, 0.2) is 0 Å². The van der Waals surface area contributed by atoms with E-state index in [2.05, 4.69) is 29.4 Å². The standard InChI is InChI=1S/C25H23N5O2S/c1-3-16-8-10-17(11-9-16)23-18(14-26)24(28)30-25(19(23)15-27)33-13-12-22(31)29-20-6-4-5-7-21(20)32-2/h4-11H,3,12-13H2,1-2H3,(H2,28,30)(H,29,31). The second-order valence-corrected chi connectivity index (χ2v) is 8.13. The van der Waals surface area contributed by atoms with Crippen LogP contribution in [0.2, 0.25) is 0 Å². The fourth-order valence-corrected chi connectivity index (χ4v) is 4.24. The number of benzene rings is 2. The summed E-state index contributed by atoms with van der Waals surface area (Å²) < 4.78 is 5.25. The molecule has 1 aromatic heterocycles. The van der Waals surface area contributed by atoms with Gasteiger partial charge in [0, 0.05) is 17.7 Å². The highest BCUT2D eigenvalue weighted by atomic mass is 32.2. The Kier molecular flexibility index (Phi) is 7.91. The van der Waals surface area contributed by atoms with E-state index in [9.17, 15) is 15.3 Å². The monoisotopic (exact) mass is 457 g/mol. The Bertz CT molecular complexity index is 1240. The SMILES string of the molecule is CCc1ccc(-c2c(C#N)c(N)nc(SCCC(=O)Nc3ccccc3OC)c2C#N)cc1. The Labute approximate surface area is 197 Å². The first-order valence-electron chi connectivity index (χ1n) is 10.3. The van der Waals surface area contributed by atoms with Crippen LogP contribution in [-0.4, -0.2) is 23.8 Å². The summed E-state index contributed by atoms with van der Waals surface area (Å²) in [5.74, 6) is 0.822. The molecule has 8 heteroatoms. The summed E-state index contributed by atoms with van der Waals surface area (Å²) in [6, 6.07) is 19.1. The molecule has 3 rings (SSSR count). The number of aromatic nitrogens is 1. The van der Waals surface area contributed by atoms with Crippen molar-refractivity contribution in [2.75, 3.05) is 23.9 Å². The molecule has 3 aromatic rings. The van der Waals surface area contributed by atoms with Gasteiger partial charge < -0.3 is 15.8 Å². The molecular weight excluding hydrogens is 434 g/mol. The number of para-hydroxylation sites is 2. The number of nitriles is 2. The lowest BCUT2D eigenvalue weighted by molar-refractivity contribution is -0.115. The minimum Gasteiger partial charge on any atom is -0.495 e. The van der Waals surface area contributed by atoms with Crippen molar-refractivity contribution in [2.45, 2.75) is 24.8 Å². The van der Waals surface area contributed by atoms with Gasteiger partial charge in [0.1, 0.15) is 34.3 Å². The van der Waals surface area contributed by atoms with E-state index in [1.54, 1.807) is 19.2 Å². The lowest BCUT2D eigenvalue weighted by atomic mass is 9.96. The first kappa shape index (κ1) is 23.6. The topological polar surface area (TPSA) is 125 Å². The Morgan fingerprint density at radius 1 is 1.12 bits per heavy atom. The molecule has 1 heterocycles. The van der Waals surface area contributed by atoms with Crippen molar-refractivity contribution in [3.05, 3.63) is 65.2 Å². The van der Waals surface area contributed by atoms with Crippen molar-refractivity contribution in [1.82, 2.24) is 4.98 Å². The molecule has 166 valence electrons. The predicted octanol–water partition coefficient (Wildman–Crippen LogP) is 4.77. The van der Waals surface area contributed by atoms with E-state index in [0.717, 1.165) is 17.5 Å². The average molecular weight is 458 g/mol. The molecule has 7 nitrogen and oxygen atoms in total. The van der Waals surface area contributed by atoms with Crippen molar-refractivity contribution in [3.63, 3.8) is 0 Å². The van der Waals surface area contributed by atoms with Crippen LogP contribution in [-0.2, 0) is 11.2 Å². The summed E-state index contributed by atoms with van der Waals surface area (Å²) >= 11 is 1.26. The molecule has 0 spiro atoms. The number of thioether (sulfide) groups is 1. The maximum Gasteiger partial charge on any atom is 0.225 e. The molecule has 0 saturated carbocycles. The maximum absolute atomic E-state index is 12.4. The minimum atomic E-state index is -0.192. The number of aryl methyl sites for hydroxylation is 1. The molecular formula is C25H23N5O2S. The first-order chi connectivity index (χ1) is 16.0. The zero-order valence-corrected chi connectivity index (χ0v) is 19.2. The predicted molar refractivity (Wildman–Crippen MR) is 130 cm³/mol. The van der Waals surface area contributed by atoms with Crippen LogP contribution in [0.3, 0.4) is 0 Å². The van der Waals surface area contributed by atoms with Crippen LogP contribution in [0.4, 0.5) is 11.5 Å². The quantitative estimate of drug-likeness (QED) is 0.467. The van der Waals surface area contributed by atoms with Crippen LogP contribution < -0.4 is 15.8 Å². The highest BCUT2D eigenvalue weighted by molar-refractivity contribution is 7.99. The summed E-state index contributed by atoms with van der Waals surface area (Å²) in [6.07, 6.45) is 1.07. The Balaban J connectivity index is 1.82. The summed E-state index contributed by atoms with van der Waals surface area (Å²) in [7, 11) is 1.54. The molecule has 0 unspecified atom stereocenters. The Morgan fingerprint density at radius 3 is 2.45 bits per heavy atom. The van der Waals surface area contributed by atoms with Crippen molar-refractivity contribution in [2.24, 2.45) is 0 Å². The molecule has 2 aromatic carbocycles. The molecule has 0 atom stereocenters. The smallest absolute Gasteiger partial charge is 0.225 e. The number of ether oxygens (including phenoxy) is 1. The van der Waals surface area contributed by atoms with Gasteiger partial charge in [-0.1, -0.05) is 43.3 Å². The van der Waals surface area contributed by atoms with Crippen LogP contribution in [0.15, 0.2) is 53.6 Å². The van der Waals surface area contributed by atoms with Gasteiger partial charge in [0.25, 0.3) is 0 Å². The summed E-state index contributed by atoms with van der Waals surface area (Å²) in [6.45, 7) is 2.06. The Hall–Kier alpha value is -4.01. The fourth-order valence-electron chi connectivity index (χ4n) is 3.30. The number of hydrogen-bond donors (Lipinski definition) is 2. The van der Waals surface area contributed by atoms with E-state index in [1.165, 1.54) is 11.8 Å². The van der Waals surface area contributed by atoms with Gasteiger partial charge in [0.2, 0.25) is 5.91 Å². The summed E-state index contributed by atoms with van der Waals surface area (Å²) in [4.78, 5) is 16.7. The number of nitrogen functional groups attached to an aromatic ring is 1. The number of carbonyl (C=O) groups excluding carboxylic acids is 1. The molecule has 0 aliphatic rings. The number of nitrogens with zero attached hydrogens (tertiary/aromatic N) is 3. The number of anilines is 2. The van der Waals surface area contributed by atoms with Crippen LogP contribution in [0.5, 0.6) is 5.75 Å². The van der Waals surface area contributed by atoms with Gasteiger partial charge in [-0.2, -0.15) is 10.5 Å². The zero-order chi connectivity index (χ0) is 23.8. The number of pyridine rings is 1. The van der Waals surface area contributed by atoms with Crippen LogP contribution >= 0.6 is 11.8 Å². The fraction of sp³-hybridized carbons (Fsp3) is 0.200. The van der Waals surface area contributed by atoms with Gasteiger partial charge >= 0.3 is 0 Å². The van der Waals surface area contributed by atoms with Gasteiger partial charge in [-0.25, -0.2) is 4.98 Å². The van der Waals surface area contributed by atoms with E-state index in [-0.39, 0.29) is 29.3 Å². The third kappa shape index (κ3) is 5.43. The molecule has 33 heavy (non-hydrogen) atoms. The van der Waals surface area contributed by atoms with Crippen molar-refractivity contribution in [1.29, 1.82) is 10.5 Å². The number of nitrogens with two attached hydrogens (primary N) is 1. The Morgan fingerprint density at radius 2 is 1.82 bits per heavy atom. The van der Waals surface area contributed by atoms with Crippen molar-refractivity contribution < 1.29 is 9.53 Å². The van der Waals surface area contributed by atoms with Crippen molar-refractivity contribution in [3.8, 4) is 29.0 Å². The normalized spacial score (nSPS) is 10.2. The largest absolute Gasteiger partial charge is 0.495 e. The average Bonchev–Trinajstić information content (AvgIpc) is 2.84. The molecule has 0 aliphatic carbocycles. The first-order valence-corrected chi connectivity index (χ1v) is 11.3. The highest BCUT2D eigenvalue weighted by Gasteiger charge is 2.20. The number of amides is 1.